The minimum atomic E-state index is 0.0802. The largest absolute Gasteiger partial charge is 0.348 e. The van der Waals surface area contributed by atoms with Crippen LogP contribution in [-0.4, -0.2) is 4.57 Å². The summed E-state index contributed by atoms with van der Waals surface area (Å²) < 4.78 is 6.44. The third kappa shape index (κ3) is 2.40. The molecule has 0 spiro atoms. The van der Waals surface area contributed by atoms with E-state index in [-0.39, 0.29) is 5.54 Å². The highest BCUT2D eigenvalue weighted by atomic mass is 79.9. The van der Waals surface area contributed by atoms with Crippen LogP contribution >= 0.6 is 63.7 Å². The van der Waals surface area contributed by atoms with Crippen molar-refractivity contribution in [3.63, 3.8) is 0 Å². The van der Waals surface area contributed by atoms with Crippen LogP contribution in [0.15, 0.2) is 30.3 Å². The van der Waals surface area contributed by atoms with E-state index in [2.05, 4.69) is 101 Å². The van der Waals surface area contributed by atoms with Gasteiger partial charge in [0.1, 0.15) is 0 Å². The first-order valence-electron chi connectivity index (χ1n) is 5.07. The van der Waals surface area contributed by atoms with Gasteiger partial charge >= 0.3 is 0 Å². The van der Waals surface area contributed by atoms with E-state index in [0.29, 0.717) is 0 Å². The lowest BCUT2D eigenvalue weighted by molar-refractivity contribution is 0.399. The molecule has 1 aromatic carbocycles. The topological polar surface area (TPSA) is 4.93 Å². The molecular weight excluding hydrogens is 478 g/mol. The van der Waals surface area contributed by atoms with E-state index >= 15 is 0 Å². The van der Waals surface area contributed by atoms with E-state index in [1.54, 1.807) is 0 Å². The van der Waals surface area contributed by atoms with Crippen LogP contribution in [0, 0.1) is 0 Å². The first-order chi connectivity index (χ1) is 7.73. The van der Waals surface area contributed by atoms with Crippen LogP contribution in [0.2, 0.25) is 0 Å². The van der Waals surface area contributed by atoms with Gasteiger partial charge in [0.2, 0.25) is 0 Å². The number of halogens is 4. The Morgan fingerprint density at radius 1 is 0.765 bits per heavy atom. The summed E-state index contributed by atoms with van der Waals surface area (Å²) in [5.41, 5.74) is 0.0802. The van der Waals surface area contributed by atoms with Gasteiger partial charge in [-0.1, -0.05) is 0 Å². The summed E-state index contributed by atoms with van der Waals surface area (Å²) in [7, 11) is 0. The van der Waals surface area contributed by atoms with Crippen LogP contribution in [0.3, 0.4) is 0 Å². The molecule has 0 saturated heterocycles. The van der Waals surface area contributed by atoms with Gasteiger partial charge < -0.3 is 4.57 Å². The van der Waals surface area contributed by atoms with E-state index < -0.39 is 0 Å². The molecule has 0 N–H and O–H groups in total. The molecule has 0 atom stereocenters. The Labute approximate surface area is 134 Å². The second kappa shape index (κ2) is 4.66. The van der Waals surface area contributed by atoms with Gasteiger partial charge in [-0.25, -0.2) is 0 Å². The number of hydrogen-bond donors (Lipinski definition) is 0. The van der Waals surface area contributed by atoms with Gasteiger partial charge in [-0.3, -0.25) is 0 Å². The molecule has 1 aromatic heterocycles. The molecule has 0 amide bonds. The van der Waals surface area contributed by atoms with Gasteiger partial charge in [0, 0.05) is 46.6 Å². The minimum absolute atomic E-state index is 0.0802. The number of rotatable bonds is 0. The maximum absolute atomic E-state index is 3.63. The third-order valence-corrected chi connectivity index (χ3v) is 7.48. The van der Waals surface area contributed by atoms with Crippen molar-refractivity contribution in [1.29, 1.82) is 0 Å². The van der Waals surface area contributed by atoms with Crippen LogP contribution in [0.25, 0.3) is 10.8 Å². The van der Waals surface area contributed by atoms with Crippen molar-refractivity contribution in [2.45, 2.75) is 26.3 Å². The first kappa shape index (κ1) is 14.1. The smallest absolute Gasteiger partial charge is 0.0478 e. The quantitative estimate of drug-likeness (QED) is 0.297. The van der Waals surface area contributed by atoms with Crippen molar-refractivity contribution in [3.05, 3.63) is 30.3 Å². The molecule has 0 saturated carbocycles. The van der Waals surface area contributed by atoms with Crippen molar-refractivity contribution in [2.75, 3.05) is 0 Å². The Morgan fingerprint density at radius 3 is 1.41 bits per heavy atom. The second-order valence-electron chi connectivity index (χ2n) is 4.92. The summed E-state index contributed by atoms with van der Waals surface area (Å²) >= 11 is 14.4. The average Bonchev–Trinajstić information content (AvgIpc) is 2.67. The predicted molar refractivity (Wildman–Crippen MR) is 87.7 cm³/mol. The van der Waals surface area contributed by atoms with Gasteiger partial charge in [-0.2, -0.15) is 0 Å². The molecule has 0 bridgehead atoms. The van der Waals surface area contributed by atoms with E-state index in [9.17, 15) is 0 Å². The molecule has 17 heavy (non-hydrogen) atoms. The zero-order valence-electron chi connectivity index (χ0n) is 9.61. The fraction of sp³-hybridized carbons (Fsp3) is 0.333. The summed E-state index contributed by atoms with van der Waals surface area (Å²) in [4.78, 5) is 0. The second-order valence-corrected chi connectivity index (χ2v) is 8.09. The maximum atomic E-state index is 3.63. The van der Waals surface area contributed by atoms with Crippen LogP contribution < -0.4 is 0 Å². The molecule has 5 heteroatoms. The molecule has 0 fully saturated rings. The van der Waals surface area contributed by atoms with Gasteiger partial charge in [-0.15, -0.1) is 0 Å². The zero-order chi connectivity index (χ0) is 13.0. The molecule has 0 aliphatic heterocycles. The minimum Gasteiger partial charge on any atom is -0.348 e. The zero-order valence-corrected chi connectivity index (χ0v) is 16.0. The van der Waals surface area contributed by atoms with Crippen molar-refractivity contribution >= 4 is 74.5 Å². The van der Waals surface area contributed by atoms with E-state index in [1.165, 1.54) is 10.8 Å². The first-order valence-corrected chi connectivity index (χ1v) is 8.25. The lowest BCUT2D eigenvalue weighted by Gasteiger charge is -2.20. The van der Waals surface area contributed by atoms with E-state index in [0.717, 1.165) is 17.9 Å². The van der Waals surface area contributed by atoms with Crippen molar-refractivity contribution in [1.82, 2.24) is 4.57 Å². The van der Waals surface area contributed by atoms with Crippen molar-refractivity contribution in [2.24, 2.45) is 0 Å². The number of hydrogen-bond acceptors (Lipinski definition) is 0. The molecule has 0 aliphatic rings. The Balaban J connectivity index is 2.86. The summed E-state index contributed by atoms with van der Waals surface area (Å²) in [6.45, 7) is 6.58. The molecule has 1 heterocycles. The van der Waals surface area contributed by atoms with Gasteiger partial charge in [-0.05, 0) is 84.5 Å². The summed E-state index contributed by atoms with van der Waals surface area (Å²) in [5, 5.41) is 2.39. The molecule has 92 valence electrons. The summed E-state index contributed by atoms with van der Waals surface area (Å²) in [6, 6.07) is 0. The monoisotopic (exact) mass is 485 g/mol. The van der Waals surface area contributed by atoms with Crippen LogP contribution in [0.1, 0.15) is 20.8 Å². The highest BCUT2D eigenvalue weighted by Crippen LogP contribution is 2.44. The van der Waals surface area contributed by atoms with E-state index in [4.69, 9.17) is 0 Å². The lowest BCUT2D eigenvalue weighted by atomic mass is 10.1. The fourth-order valence-electron chi connectivity index (χ4n) is 1.62. The standard InChI is InChI=1S/C12H11Br4N/c1-12(2,3)17-4-6-7(5-17)9(14)11(16)10(15)8(6)13/h4-5H,1-3H3. The maximum Gasteiger partial charge on any atom is 0.0478 e. The number of benzene rings is 1. The molecule has 1 nitrogen and oxygen atoms in total. The number of fused-ring (bicyclic) bond motifs is 1. The number of aromatic nitrogens is 1. The van der Waals surface area contributed by atoms with Gasteiger partial charge in [0.15, 0.2) is 0 Å². The van der Waals surface area contributed by atoms with Gasteiger partial charge in [0.05, 0.1) is 0 Å². The molecule has 0 unspecified atom stereocenters. The predicted octanol–water partition coefficient (Wildman–Crippen LogP) is 6.45. The average molecular weight is 489 g/mol. The highest BCUT2D eigenvalue weighted by molar-refractivity contribution is 9.15. The van der Waals surface area contributed by atoms with Crippen molar-refractivity contribution < 1.29 is 0 Å². The molecule has 0 radical (unpaired) electrons. The fourth-order valence-corrected chi connectivity index (χ4v) is 4.00. The van der Waals surface area contributed by atoms with Crippen LogP contribution in [0.4, 0.5) is 0 Å². The Bertz CT molecular complexity index is 548. The van der Waals surface area contributed by atoms with Crippen LogP contribution in [-0.2, 0) is 5.54 Å². The molecular formula is C12H11Br4N. The Kier molecular flexibility index (Phi) is 3.86. The normalized spacial score (nSPS) is 12.4. The molecule has 2 aromatic rings. The molecule has 2 rings (SSSR count). The van der Waals surface area contributed by atoms with Crippen molar-refractivity contribution in [3.8, 4) is 0 Å². The highest BCUT2D eigenvalue weighted by Gasteiger charge is 2.19. The Hall–Kier alpha value is 0.680. The molecule has 0 aliphatic carbocycles. The number of nitrogens with zero attached hydrogens (tertiary/aromatic N) is 1. The Morgan fingerprint density at radius 2 is 1.12 bits per heavy atom. The SMILES string of the molecule is CC(C)(C)n1cc2c(Br)c(Br)c(Br)c(Br)c2c1. The van der Waals surface area contributed by atoms with E-state index in [1.807, 2.05) is 0 Å². The van der Waals surface area contributed by atoms with Gasteiger partial charge in [0.25, 0.3) is 0 Å². The lowest BCUT2D eigenvalue weighted by Crippen LogP contribution is -2.19. The summed E-state index contributed by atoms with van der Waals surface area (Å²) in [5.74, 6) is 0. The van der Waals surface area contributed by atoms with Crippen LogP contribution in [0.5, 0.6) is 0 Å². The summed E-state index contributed by atoms with van der Waals surface area (Å²) in [6.07, 6.45) is 4.34. The third-order valence-electron chi connectivity index (χ3n) is 2.65.